The topological polar surface area (TPSA) is 29.5 Å². The smallest absolute Gasteiger partial charge is 0.168 e. The second kappa shape index (κ2) is 3.20. The van der Waals surface area contributed by atoms with Gasteiger partial charge in [-0.05, 0) is 12.5 Å². The van der Waals surface area contributed by atoms with Gasteiger partial charge in [-0.1, -0.05) is 6.92 Å². The normalized spacial score (nSPS) is 24.6. The minimum Gasteiger partial charge on any atom is -0.484 e. The van der Waals surface area contributed by atoms with Crippen molar-refractivity contribution in [1.29, 1.82) is 0 Å². The Morgan fingerprint density at radius 1 is 1.43 bits per heavy atom. The lowest BCUT2D eigenvalue weighted by Gasteiger charge is -2.10. The van der Waals surface area contributed by atoms with E-state index in [1.807, 2.05) is 6.92 Å². The fraction of sp³-hybridized carbons (Fsp3) is 0.400. The number of benzene rings is 1. The second-order valence-electron chi connectivity index (χ2n) is 3.32. The molecular formula is C10H10F2O2. The van der Waals surface area contributed by atoms with Crippen molar-refractivity contribution in [2.45, 2.75) is 25.6 Å². The van der Waals surface area contributed by atoms with E-state index in [4.69, 9.17) is 4.74 Å². The molecule has 1 N–H and O–H groups in total. The van der Waals surface area contributed by atoms with E-state index in [1.165, 1.54) is 0 Å². The second-order valence-corrected chi connectivity index (χ2v) is 3.32. The molecule has 0 fully saturated rings. The van der Waals surface area contributed by atoms with E-state index in [2.05, 4.69) is 0 Å². The van der Waals surface area contributed by atoms with Crippen molar-refractivity contribution < 1.29 is 18.6 Å². The van der Waals surface area contributed by atoms with Crippen LogP contribution in [0, 0.1) is 11.6 Å². The number of hydrogen-bond donors (Lipinski definition) is 1. The Balaban J connectivity index is 2.48. The van der Waals surface area contributed by atoms with Gasteiger partial charge in [-0.15, -0.1) is 0 Å². The molecule has 0 radical (unpaired) electrons. The molecule has 0 bridgehead atoms. The molecule has 2 unspecified atom stereocenters. The number of aliphatic hydroxyl groups excluding tert-OH is 1. The summed E-state index contributed by atoms with van der Waals surface area (Å²) in [4.78, 5) is 0. The Morgan fingerprint density at radius 2 is 2.14 bits per heavy atom. The summed E-state index contributed by atoms with van der Waals surface area (Å²) in [5.74, 6) is -1.47. The highest BCUT2D eigenvalue weighted by Crippen LogP contribution is 2.39. The van der Waals surface area contributed by atoms with Gasteiger partial charge in [-0.25, -0.2) is 8.78 Å². The summed E-state index contributed by atoms with van der Waals surface area (Å²) >= 11 is 0. The molecule has 76 valence electrons. The van der Waals surface area contributed by atoms with Crippen molar-refractivity contribution in [3.05, 3.63) is 29.3 Å². The maximum absolute atomic E-state index is 13.2. The maximum Gasteiger partial charge on any atom is 0.168 e. The first-order valence-corrected chi connectivity index (χ1v) is 4.47. The van der Waals surface area contributed by atoms with Crippen LogP contribution < -0.4 is 4.74 Å². The summed E-state index contributed by atoms with van der Waals surface area (Å²) in [6.07, 6.45) is -0.849. The van der Waals surface area contributed by atoms with Crippen LogP contribution in [0.15, 0.2) is 12.1 Å². The van der Waals surface area contributed by atoms with Crippen LogP contribution in [0.4, 0.5) is 8.78 Å². The van der Waals surface area contributed by atoms with Gasteiger partial charge in [0.1, 0.15) is 18.0 Å². The van der Waals surface area contributed by atoms with Crippen LogP contribution in [0.1, 0.15) is 25.0 Å². The third-order valence-corrected chi connectivity index (χ3v) is 2.38. The Labute approximate surface area is 80.1 Å². The molecule has 4 heteroatoms. The van der Waals surface area contributed by atoms with Crippen molar-refractivity contribution in [2.24, 2.45) is 0 Å². The average Bonchev–Trinajstić information content (AvgIpc) is 2.44. The molecule has 0 saturated heterocycles. The molecule has 2 nitrogen and oxygen atoms in total. The van der Waals surface area contributed by atoms with E-state index in [9.17, 15) is 13.9 Å². The summed E-state index contributed by atoms with van der Waals surface area (Å²) in [7, 11) is 0. The maximum atomic E-state index is 13.2. The van der Waals surface area contributed by atoms with Crippen molar-refractivity contribution in [2.75, 3.05) is 0 Å². The zero-order chi connectivity index (χ0) is 10.3. The van der Waals surface area contributed by atoms with Gasteiger partial charge in [0.05, 0.1) is 0 Å². The van der Waals surface area contributed by atoms with E-state index in [-0.39, 0.29) is 11.3 Å². The zero-order valence-electron chi connectivity index (χ0n) is 7.63. The highest BCUT2D eigenvalue weighted by molar-refractivity contribution is 5.41. The summed E-state index contributed by atoms with van der Waals surface area (Å²) in [6.45, 7) is 1.81. The first-order chi connectivity index (χ1) is 6.63. The van der Waals surface area contributed by atoms with Gasteiger partial charge >= 0.3 is 0 Å². The lowest BCUT2D eigenvalue weighted by molar-refractivity contribution is 0.0640. The van der Waals surface area contributed by atoms with Crippen LogP contribution >= 0.6 is 0 Å². The van der Waals surface area contributed by atoms with Crippen molar-refractivity contribution in [1.82, 2.24) is 0 Å². The molecule has 0 spiro atoms. The average molecular weight is 200 g/mol. The third kappa shape index (κ3) is 1.26. The van der Waals surface area contributed by atoms with Crippen LogP contribution in [-0.2, 0) is 0 Å². The van der Waals surface area contributed by atoms with Crippen molar-refractivity contribution in [3.8, 4) is 5.75 Å². The van der Waals surface area contributed by atoms with Gasteiger partial charge in [0.2, 0.25) is 0 Å². The van der Waals surface area contributed by atoms with E-state index in [1.54, 1.807) is 0 Å². The SMILES string of the molecule is CCC1Oc2c(F)cc(F)cc2C1O. The standard InChI is InChI=1S/C10H10F2O2/c1-2-8-9(13)6-3-5(11)4-7(12)10(6)14-8/h3-4,8-9,13H,2H2,1H3. The van der Waals surface area contributed by atoms with Gasteiger partial charge in [0.25, 0.3) is 0 Å². The summed E-state index contributed by atoms with van der Waals surface area (Å²) in [5.41, 5.74) is 0.203. The molecule has 0 saturated carbocycles. The summed E-state index contributed by atoms with van der Waals surface area (Å²) < 4.78 is 31.1. The first-order valence-electron chi connectivity index (χ1n) is 4.47. The van der Waals surface area contributed by atoms with E-state index in [0.29, 0.717) is 6.42 Å². The Hall–Kier alpha value is -1.16. The number of fused-ring (bicyclic) bond motifs is 1. The molecule has 1 heterocycles. The van der Waals surface area contributed by atoms with Crippen LogP contribution in [0.25, 0.3) is 0 Å². The van der Waals surface area contributed by atoms with Gasteiger partial charge in [-0.3, -0.25) is 0 Å². The molecule has 1 aliphatic rings. The largest absolute Gasteiger partial charge is 0.484 e. The monoisotopic (exact) mass is 200 g/mol. The molecule has 14 heavy (non-hydrogen) atoms. The number of ether oxygens (including phenoxy) is 1. The summed E-state index contributed by atoms with van der Waals surface area (Å²) in [6, 6.07) is 1.86. The van der Waals surface area contributed by atoms with Crippen molar-refractivity contribution in [3.63, 3.8) is 0 Å². The van der Waals surface area contributed by atoms with Gasteiger partial charge in [0.15, 0.2) is 11.6 Å². The molecule has 1 aromatic carbocycles. The molecular weight excluding hydrogens is 190 g/mol. The Kier molecular flexibility index (Phi) is 2.15. The van der Waals surface area contributed by atoms with E-state index < -0.39 is 23.8 Å². The molecule has 0 aromatic heterocycles. The predicted octanol–water partition coefficient (Wildman–Crippen LogP) is 2.17. The highest BCUT2D eigenvalue weighted by Gasteiger charge is 2.34. The minimum absolute atomic E-state index is 0.0225. The number of hydrogen-bond acceptors (Lipinski definition) is 2. The Bertz CT molecular complexity index is 365. The molecule has 2 rings (SSSR count). The quantitative estimate of drug-likeness (QED) is 0.752. The molecule has 1 aromatic rings. The number of halogens is 2. The minimum atomic E-state index is -0.930. The zero-order valence-corrected chi connectivity index (χ0v) is 7.63. The van der Waals surface area contributed by atoms with Crippen molar-refractivity contribution >= 4 is 0 Å². The van der Waals surface area contributed by atoms with E-state index >= 15 is 0 Å². The first kappa shape index (κ1) is 9.40. The summed E-state index contributed by atoms with van der Waals surface area (Å²) in [5, 5.41) is 9.63. The Morgan fingerprint density at radius 3 is 2.79 bits per heavy atom. The van der Waals surface area contributed by atoms with Crippen LogP contribution in [0.3, 0.4) is 0 Å². The fourth-order valence-corrected chi connectivity index (χ4v) is 1.65. The van der Waals surface area contributed by atoms with Gasteiger partial charge < -0.3 is 9.84 Å². The molecule has 0 amide bonds. The number of aliphatic hydroxyl groups is 1. The van der Waals surface area contributed by atoms with Crippen LogP contribution in [-0.4, -0.2) is 11.2 Å². The van der Waals surface area contributed by atoms with E-state index in [0.717, 1.165) is 12.1 Å². The lowest BCUT2D eigenvalue weighted by Crippen LogP contribution is -2.16. The molecule has 2 atom stereocenters. The highest BCUT2D eigenvalue weighted by atomic mass is 19.1. The lowest BCUT2D eigenvalue weighted by atomic mass is 10.1. The van der Waals surface area contributed by atoms with Gasteiger partial charge in [0, 0.05) is 11.6 Å². The molecule has 1 aliphatic heterocycles. The fourth-order valence-electron chi connectivity index (χ4n) is 1.65. The predicted molar refractivity (Wildman–Crippen MR) is 46.0 cm³/mol. The molecule has 0 aliphatic carbocycles. The third-order valence-electron chi connectivity index (χ3n) is 2.38. The van der Waals surface area contributed by atoms with Gasteiger partial charge in [-0.2, -0.15) is 0 Å². The van der Waals surface area contributed by atoms with Crippen LogP contribution in [0.5, 0.6) is 5.75 Å². The number of rotatable bonds is 1. The van der Waals surface area contributed by atoms with Crippen LogP contribution in [0.2, 0.25) is 0 Å².